The average molecular weight is 729 g/mol. The fourth-order valence-corrected chi connectivity index (χ4v) is 6.38. The smallest absolute Gasteiger partial charge is 0.408 e. The van der Waals surface area contributed by atoms with Crippen molar-refractivity contribution in [3.8, 4) is 22.9 Å². The fourth-order valence-electron chi connectivity index (χ4n) is 5.85. The van der Waals surface area contributed by atoms with Crippen molar-refractivity contribution in [2.24, 2.45) is 5.92 Å². The number of carbonyl (C=O) groups is 3. The van der Waals surface area contributed by atoms with Crippen LogP contribution in [0, 0.1) is 5.92 Å². The van der Waals surface area contributed by atoms with Crippen molar-refractivity contribution in [1.29, 1.82) is 0 Å². The minimum absolute atomic E-state index is 0.131. The van der Waals surface area contributed by atoms with E-state index in [2.05, 4.69) is 20.2 Å². The van der Waals surface area contributed by atoms with Crippen molar-refractivity contribution >= 4 is 47.1 Å². The maximum atomic E-state index is 12.6. The van der Waals surface area contributed by atoms with E-state index in [-0.39, 0.29) is 18.4 Å². The molecule has 2 aliphatic heterocycles. The van der Waals surface area contributed by atoms with Gasteiger partial charge in [0.15, 0.2) is 5.75 Å². The molecule has 13 nitrogen and oxygen atoms in total. The number of esters is 1. The normalized spacial score (nSPS) is 15.8. The van der Waals surface area contributed by atoms with Crippen LogP contribution in [0.1, 0.15) is 45.6 Å². The molecule has 0 saturated carbocycles. The van der Waals surface area contributed by atoms with Crippen molar-refractivity contribution in [3.05, 3.63) is 58.3 Å². The van der Waals surface area contributed by atoms with Crippen LogP contribution in [-0.2, 0) is 25.6 Å². The van der Waals surface area contributed by atoms with Gasteiger partial charge < -0.3 is 29.3 Å². The number of alkyl carbamates (subject to hydrolysis) is 1. The van der Waals surface area contributed by atoms with Crippen molar-refractivity contribution < 1.29 is 28.6 Å². The van der Waals surface area contributed by atoms with Gasteiger partial charge in [0.2, 0.25) is 17.7 Å². The summed E-state index contributed by atoms with van der Waals surface area (Å²) in [6.45, 7) is 9.56. The van der Waals surface area contributed by atoms with Crippen LogP contribution in [-0.4, -0.2) is 101 Å². The minimum Gasteiger partial charge on any atom is -0.469 e. The summed E-state index contributed by atoms with van der Waals surface area (Å²) in [6, 6.07) is 9.20. The lowest BCUT2D eigenvalue weighted by atomic mass is 9.93. The molecule has 0 atom stereocenters. The molecule has 0 unspecified atom stereocenters. The van der Waals surface area contributed by atoms with Crippen LogP contribution in [0.4, 0.5) is 10.7 Å². The van der Waals surface area contributed by atoms with E-state index in [0.717, 1.165) is 37.1 Å². The van der Waals surface area contributed by atoms with Gasteiger partial charge >= 0.3 is 12.1 Å². The number of hydrogen-bond donors (Lipinski definition) is 1. The molecule has 2 saturated heterocycles. The van der Waals surface area contributed by atoms with E-state index in [1.807, 2.05) is 29.2 Å². The molecule has 50 heavy (non-hydrogen) atoms. The van der Waals surface area contributed by atoms with Gasteiger partial charge in [0.05, 0.1) is 25.2 Å². The molecule has 0 spiro atoms. The third kappa shape index (κ3) is 10.9. The highest BCUT2D eigenvalue weighted by Gasteiger charge is 2.25. The summed E-state index contributed by atoms with van der Waals surface area (Å²) in [5.74, 6) is 1.28. The van der Waals surface area contributed by atoms with Gasteiger partial charge in [-0.05, 0) is 82.4 Å². The molecular weight excluding hydrogens is 685 g/mol. The molecule has 15 heteroatoms. The van der Waals surface area contributed by atoms with Crippen LogP contribution >= 0.6 is 23.2 Å². The van der Waals surface area contributed by atoms with Gasteiger partial charge in [0, 0.05) is 60.8 Å². The van der Waals surface area contributed by atoms with Crippen LogP contribution in [0.5, 0.6) is 11.6 Å². The summed E-state index contributed by atoms with van der Waals surface area (Å²) in [6.07, 6.45) is 4.85. The molecule has 4 heterocycles. The highest BCUT2D eigenvalue weighted by atomic mass is 35.5. The number of carbonyl (C=O) groups excluding carboxylic acids is 3. The molecule has 3 aromatic rings. The largest absolute Gasteiger partial charge is 0.469 e. The second kappa shape index (κ2) is 16.7. The fraction of sp³-hybridized carbons (Fsp3) is 0.486. The number of benzene rings is 1. The van der Waals surface area contributed by atoms with E-state index in [9.17, 15) is 14.4 Å². The quantitative estimate of drug-likeness (QED) is 0.262. The van der Waals surface area contributed by atoms with Gasteiger partial charge in [-0.2, -0.15) is 0 Å². The molecule has 2 aliphatic rings. The van der Waals surface area contributed by atoms with E-state index < -0.39 is 11.7 Å². The Balaban J connectivity index is 1.21. The second-order valence-electron chi connectivity index (χ2n) is 13.4. The molecule has 1 N–H and O–H groups in total. The topological polar surface area (TPSA) is 139 Å². The Morgan fingerprint density at radius 2 is 1.58 bits per heavy atom. The number of hydrogen-bond acceptors (Lipinski definition) is 11. The lowest BCUT2D eigenvalue weighted by molar-refractivity contribution is -0.142. The highest BCUT2D eigenvalue weighted by molar-refractivity contribution is 6.35. The number of aromatic nitrogens is 3. The molecular formula is C35H43Cl2N7O6. The molecule has 268 valence electrons. The standard InChI is InChI=1S/C35H43Cl2N7O6/c1-35(2,3)50-34(47)40-21-31(45)43-9-11-44(12-10-43)33-38-19-28(20-39-33)49-30-14-24(13-29(41-30)25-16-26(36)18-27(37)17-25)22-42-7-5-23(6-8-42)15-32(46)48-4/h13-14,16-20,23H,5-12,15,21-22H2,1-4H3,(H,40,47). The SMILES string of the molecule is COC(=O)CC1CCN(Cc2cc(Oc3cnc(N4CCN(C(=O)CNC(=O)OC(C)(C)C)CC4)nc3)nc(-c3cc(Cl)cc(Cl)c3)c2)CC1. The molecule has 5 rings (SSSR count). The zero-order valence-corrected chi connectivity index (χ0v) is 30.3. The Morgan fingerprint density at radius 3 is 2.20 bits per heavy atom. The first-order valence-electron chi connectivity index (χ1n) is 16.6. The summed E-state index contributed by atoms with van der Waals surface area (Å²) in [5, 5.41) is 3.52. The van der Waals surface area contributed by atoms with E-state index in [1.54, 1.807) is 44.1 Å². The molecule has 0 radical (unpaired) electrons. The number of nitrogens with zero attached hydrogens (tertiary/aromatic N) is 6. The summed E-state index contributed by atoms with van der Waals surface area (Å²) >= 11 is 12.7. The maximum absolute atomic E-state index is 12.6. The van der Waals surface area contributed by atoms with E-state index in [0.29, 0.717) is 78.4 Å². The first-order valence-corrected chi connectivity index (χ1v) is 17.3. The number of pyridine rings is 1. The summed E-state index contributed by atoms with van der Waals surface area (Å²) < 4.78 is 16.2. The zero-order chi connectivity index (χ0) is 35.8. The Labute approximate surface area is 302 Å². The molecule has 2 amide bonds. The predicted molar refractivity (Wildman–Crippen MR) is 189 cm³/mol. The lowest BCUT2D eigenvalue weighted by Crippen LogP contribution is -2.51. The van der Waals surface area contributed by atoms with Crippen molar-refractivity contribution in [2.75, 3.05) is 57.8 Å². The van der Waals surface area contributed by atoms with Crippen LogP contribution in [0.25, 0.3) is 11.3 Å². The van der Waals surface area contributed by atoms with Crippen molar-refractivity contribution in [2.45, 2.75) is 52.2 Å². The van der Waals surface area contributed by atoms with Crippen LogP contribution < -0.4 is 15.0 Å². The Bertz CT molecular complexity index is 1630. The number of anilines is 1. The minimum atomic E-state index is -0.637. The number of methoxy groups -OCH3 is 1. The van der Waals surface area contributed by atoms with Crippen LogP contribution in [0.3, 0.4) is 0 Å². The number of piperidine rings is 1. The number of piperazine rings is 1. The molecule has 2 aromatic heterocycles. The van der Waals surface area contributed by atoms with Gasteiger partial charge in [0.1, 0.15) is 12.1 Å². The van der Waals surface area contributed by atoms with Gasteiger partial charge in [-0.1, -0.05) is 23.2 Å². The second-order valence-corrected chi connectivity index (χ2v) is 14.3. The number of likely N-dealkylation sites (tertiary alicyclic amines) is 1. The number of nitrogens with one attached hydrogen (secondary N) is 1. The van der Waals surface area contributed by atoms with Gasteiger partial charge in [-0.3, -0.25) is 14.5 Å². The van der Waals surface area contributed by atoms with Gasteiger partial charge in [-0.25, -0.2) is 19.7 Å². The van der Waals surface area contributed by atoms with Crippen LogP contribution in [0.15, 0.2) is 42.7 Å². The summed E-state index contributed by atoms with van der Waals surface area (Å²) in [4.78, 5) is 56.1. The third-order valence-electron chi connectivity index (χ3n) is 8.35. The molecule has 0 aliphatic carbocycles. The van der Waals surface area contributed by atoms with E-state index >= 15 is 0 Å². The van der Waals surface area contributed by atoms with Crippen LogP contribution in [0.2, 0.25) is 10.0 Å². The first kappa shape index (κ1) is 37.1. The van der Waals surface area contributed by atoms with Gasteiger partial charge in [-0.15, -0.1) is 0 Å². The molecule has 2 fully saturated rings. The molecule has 0 bridgehead atoms. The highest BCUT2D eigenvalue weighted by Crippen LogP contribution is 2.31. The summed E-state index contributed by atoms with van der Waals surface area (Å²) in [5.41, 5.74) is 1.78. The summed E-state index contributed by atoms with van der Waals surface area (Å²) in [7, 11) is 1.43. The number of rotatable bonds is 10. The lowest BCUT2D eigenvalue weighted by Gasteiger charge is -2.34. The van der Waals surface area contributed by atoms with Gasteiger partial charge in [0.25, 0.3) is 0 Å². The van der Waals surface area contributed by atoms with E-state index in [4.69, 9.17) is 42.4 Å². The zero-order valence-electron chi connectivity index (χ0n) is 28.8. The number of ether oxygens (including phenoxy) is 3. The Morgan fingerprint density at radius 1 is 0.920 bits per heavy atom. The monoisotopic (exact) mass is 727 g/mol. The average Bonchev–Trinajstić information content (AvgIpc) is 3.07. The van der Waals surface area contributed by atoms with Crippen molar-refractivity contribution in [1.82, 2.24) is 30.1 Å². The Kier molecular flexibility index (Phi) is 12.4. The first-order chi connectivity index (χ1) is 23.8. The van der Waals surface area contributed by atoms with E-state index in [1.165, 1.54) is 7.11 Å². The third-order valence-corrected chi connectivity index (χ3v) is 8.79. The predicted octanol–water partition coefficient (Wildman–Crippen LogP) is 5.59. The van der Waals surface area contributed by atoms with Crippen molar-refractivity contribution in [3.63, 3.8) is 0 Å². The number of halogens is 2. The maximum Gasteiger partial charge on any atom is 0.408 e. The Hall–Kier alpha value is -4.20. The molecule has 1 aromatic carbocycles. The number of amides is 2.